The number of nitrogens with two attached hydrogens (primary N) is 2. The van der Waals surface area contributed by atoms with Crippen LogP contribution in [0.15, 0.2) is 0 Å². The molecule has 0 aromatic rings. The van der Waals surface area contributed by atoms with Gasteiger partial charge in [0.2, 0.25) is 23.6 Å². The quantitative estimate of drug-likeness (QED) is 0.166. The summed E-state index contributed by atoms with van der Waals surface area (Å²) in [6.45, 7) is -0.677. The molecule has 0 saturated carbocycles. The SMILES string of the molecule is NC(=O)CC(NC(=O)C(CC(=O)O)NC(=O)C(N)CO)C(=O)N1CCCC1C(=O)O. The van der Waals surface area contributed by atoms with Crippen molar-refractivity contribution in [2.24, 2.45) is 11.5 Å². The van der Waals surface area contributed by atoms with E-state index in [2.05, 4.69) is 5.32 Å². The number of rotatable bonds is 11. The fourth-order valence-electron chi connectivity index (χ4n) is 2.91. The molecule has 0 aromatic heterocycles. The van der Waals surface area contributed by atoms with Gasteiger partial charge in [-0.05, 0) is 12.8 Å². The highest BCUT2D eigenvalue weighted by Crippen LogP contribution is 2.19. The molecule has 0 aliphatic carbocycles. The molecule has 4 unspecified atom stereocenters. The molecule has 14 heteroatoms. The maximum Gasteiger partial charge on any atom is 0.326 e. The average Bonchev–Trinajstić information content (AvgIpc) is 3.14. The summed E-state index contributed by atoms with van der Waals surface area (Å²) in [6, 6.07) is -5.79. The largest absolute Gasteiger partial charge is 0.481 e. The lowest BCUT2D eigenvalue weighted by molar-refractivity contribution is -0.150. The van der Waals surface area contributed by atoms with E-state index in [1.54, 1.807) is 0 Å². The van der Waals surface area contributed by atoms with Gasteiger partial charge in [-0.1, -0.05) is 0 Å². The summed E-state index contributed by atoms with van der Waals surface area (Å²) in [7, 11) is 0. The van der Waals surface area contributed by atoms with Crippen LogP contribution in [0.25, 0.3) is 0 Å². The average molecular weight is 431 g/mol. The summed E-state index contributed by atoms with van der Waals surface area (Å²) in [5, 5.41) is 31.3. The highest BCUT2D eigenvalue weighted by Gasteiger charge is 2.39. The van der Waals surface area contributed by atoms with E-state index >= 15 is 0 Å². The van der Waals surface area contributed by atoms with Crippen molar-refractivity contribution in [1.82, 2.24) is 15.5 Å². The zero-order valence-corrected chi connectivity index (χ0v) is 15.9. The van der Waals surface area contributed by atoms with Crippen LogP contribution >= 0.6 is 0 Å². The molecule has 0 aromatic carbocycles. The Morgan fingerprint density at radius 3 is 2.10 bits per heavy atom. The van der Waals surface area contributed by atoms with E-state index < -0.39 is 79.2 Å². The van der Waals surface area contributed by atoms with E-state index in [4.69, 9.17) is 21.7 Å². The van der Waals surface area contributed by atoms with Crippen LogP contribution in [0.1, 0.15) is 25.7 Å². The van der Waals surface area contributed by atoms with Crippen LogP contribution < -0.4 is 22.1 Å². The second-order valence-corrected chi connectivity index (χ2v) is 6.71. The summed E-state index contributed by atoms with van der Waals surface area (Å²) >= 11 is 0. The molecule has 30 heavy (non-hydrogen) atoms. The van der Waals surface area contributed by atoms with E-state index in [0.717, 1.165) is 4.90 Å². The molecule has 0 bridgehead atoms. The molecule has 1 fully saturated rings. The zero-order chi connectivity index (χ0) is 23.0. The predicted octanol–water partition coefficient (Wildman–Crippen LogP) is -4.30. The van der Waals surface area contributed by atoms with Crippen LogP contribution in [0.5, 0.6) is 0 Å². The molecule has 4 atom stereocenters. The second-order valence-electron chi connectivity index (χ2n) is 6.71. The lowest BCUT2D eigenvalue weighted by Crippen LogP contribution is -2.58. The number of nitrogens with zero attached hydrogens (tertiary/aromatic N) is 1. The van der Waals surface area contributed by atoms with E-state index in [-0.39, 0.29) is 13.0 Å². The number of carbonyl (C=O) groups excluding carboxylic acids is 4. The molecule has 14 nitrogen and oxygen atoms in total. The first-order valence-electron chi connectivity index (χ1n) is 8.98. The summed E-state index contributed by atoms with van der Waals surface area (Å²) < 4.78 is 0. The Hall–Kier alpha value is -3.26. The standard InChI is InChI=1S/C16H25N5O9/c17-7(6-22)13(26)19-8(5-12(24)25)14(27)20-9(4-11(18)23)15(28)21-3-1-2-10(21)16(29)30/h7-10,22H,1-6,17H2,(H2,18,23)(H,19,26)(H,20,27)(H,24,25)(H,29,30). The molecular weight excluding hydrogens is 406 g/mol. The van der Waals surface area contributed by atoms with Crippen LogP contribution in [0.2, 0.25) is 0 Å². The number of hydrogen-bond acceptors (Lipinski definition) is 8. The van der Waals surface area contributed by atoms with Crippen molar-refractivity contribution in [1.29, 1.82) is 0 Å². The maximum atomic E-state index is 12.7. The lowest BCUT2D eigenvalue weighted by Gasteiger charge is -2.28. The van der Waals surface area contributed by atoms with Gasteiger partial charge in [0.05, 0.1) is 19.4 Å². The van der Waals surface area contributed by atoms with Crippen LogP contribution in [0, 0.1) is 0 Å². The number of carboxylic acid groups (broad SMARTS) is 2. The molecule has 168 valence electrons. The van der Waals surface area contributed by atoms with Gasteiger partial charge in [-0.25, -0.2) is 4.79 Å². The molecule has 9 N–H and O–H groups in total. The van der Waals surface area contributed by atoms with Crippen LogP contribution in [0.4, 0.5) is 0 Å². The number of aliphatic hydroxyl groups excluding tert-OH is 1. The van der Waals surface area contributed by atoms with Crippen molar-refractivity contribution >= 4 is 35.6 Å². The second kappa shape index (κ2) is 11.1. The monoisotopic (exact) mass is 431 g/mol. The maximum absolute atomic E-state index is 12.7. The number of likely N-dealkylation sites (tertiary alicyclic amines) is 1. The minimum Gasteiger partial charge on any atom is -0.481 e. The van der Waals surface area contributed by atoms with Crippen molar-refractivity contribution in [3.63, 3.8) is 0 Å². The van der Waals surface area contributed by atoms with Crippen LogP contribution in [-0.4, -0.2) is 93.1 Å². The topological polar surface area (TPSA) is 242 Å². The van der Waals surface area contributed by atoms with Gasteiger partial charge in [-0.15, -0.1) is 0 Å². The Labute approximate surface area is 170 Å². The number of nitrogens with one attached hydrogen (secondary N) is 2. The third kappa shape index (κ3) is 6.97. The van der Waals surface area contributed by atoms with Gasteiger partial charge >= 0.3 is 11.9 Å². The van der Waals surface area contributed by atoms with Crippen molar-refractivity contribution in [2.75, 3.05) is 13.2 Å². The Bertz CT molecular complexity index is 713. The zero-order valence-electron chi connectivity index (χ0n) is 15.9. The molecule has 0 radical (unpaired) electrons. The number of amides is 4. The molecule has 1 heterocycles. The predicted molar refractivity (Wildman–Crippen MR) is 97.4 cm³/mol. The minimum atomic E-state index is -1.68. The van der Waals surface area contributed by atoms with Crippen molar-refractivity contribution in [3.05, 3.63) is 0 Å². The number of aliphatic hydroxyl groups is 1. The van der Waals surface area contributed by atoms with Crippen molar-refractivity contribution < 1.29 is 44.1 Å². The van der Waals surface area contributed by atoms with Gasteiger partial charge in [-0.2, -0.15) is 0 Å². The Morgan fingerprint density at radius 1 is 1.00 bits per heavy atom. The number of primary amides is 1. The first-order valence-corrected chi connectivity index (χ1v) is 8.98. The molecule has 1 rings (SSSR count). The highest BCUT2D eigenvalue weighted by molar-refractivity contribution is 5.97. The minimum absolute atomic E-state index is 0.0849. The van der Waals surface area contributed by atoms with E-state index in [0.29, 0.717) is 6.42 Å². The van der Waals surface area contributed by atoms with Gasteiger partial charge in [0.1, 0.15) is 24.2 Å². The van der Waals surface area contributed by atoms with Crippen molar-refractivity contribution in [3.8, 4) is 0 Å². The number of aliphatic carboxylic acids is 2. The summed E-state index contributed by atoms with van der Waals surface area (Å²) in [4.78, 5) is 71.8. The summed E-state index contributed by atoms with van der Waals surface area (Å²) in [5.41, 5.74) is 10.4. The third-order valence-corrected chi connectivity index (χ3v) is 4.39. The molecule has 1 aliphatic heterocycles. The first kappa shape index (κ1) is 24.8. The van der Waals surface area contributed by atoms with Crippen LogP contribution in [0.3, 0.4) is 0 Å². The molecule has 0 spiro atoms. The highest BCUT2D eigenvalue weighted by atomic mass is 16.4. The summed E-state index contributed by atoms with van der Waals surface area (Å²) in [6.07, 6.45) is -0.961. The fourth-order valence-corrected chi connectivity index (χ4v) is 2.91. The van der Waals surface area contributed by atoms with Crippen molar-refractivity contribution in [2.45, 2.75) is 49.9 Å². The molecule has 1 aliphatic rings. The number of carbonyl (C=O) groups is 6. The number of hydrogen-bond donors (Lipinski definition) is 7. The fraction of sp³-hybridized carbons (Fsp3) is 0.625. The Morgan fingerprint density at radius 2 is 1.60 bits per heavy atom. The lowest BCUT2D eigenvalue weighted by atomic mass is 10.1. The van der Waals surface area contributed by atoms with Gasteiger partial charge in [0.25, 0.3) is 0 Å². The van der Waals surface area contributed by atoms with Gasteiger partial charge in [0, 0.05) is 6.54 Å². The van der Waals surface area contributed by atoms with Crippen LogP contribution in [-0.2, 0) is 28.8 Å². The molecular formula is C16H25N5O9. The van der Waals surface area contributed by atoms with E-state index in [9.17, 15) is 33.9 Å². The smallest absolute Gasteiger partial charge is 0.326 e. The van der Waals surface area contributed by atoms with Gasteiger partial charge in [-0.3, -0.25) is 24.0 Å². The summed E-state index contributed by atoms with van der Waals surface area (Å²) in [5.74, 6) is -6.70. The normalized spacial score (nSPS) is 18.7. The Balaban J connectivity index is 3.01. The molecule has 1 saturated heterocycles. The first-order chi connectivity index (χ1) is 14.0. The third-order valence-electron chi connectivity index (χ3n) is 4.39. The van der Waals surface area contributed by atoms with E-state index in [1.165, 1.54) is 0 Å². The Kier molecular flexibility index (Phi) is 9.14. The van der Waals surface area contributed by atoms with Gasteiger partial charge in [0.15, 0.2) is 0 Å². The van der Waals surface area contributed by atoms with E-state index in [1.807, 2.05) is 5.32 Å². The molecule has 4 amide bonds. The number of carboxylic acids is 2. The van der Waals surface area contributed by atoms with Gasteiger partial charge < -0.3 is 42.3 Å².